The zero-order valence-electron chi connectivity index (χ0n) is 14.7. The van der Waals surface area contributed by atoms with Gasteiger partial charge in [-0.25, -0.2) is 4.39 Å². The molecule has 2 aromatic carbocycles. The molecular formula is C21H19BrFN3O. The van der Waals surface area contributed by atoms with Crippen LogP contribution < -0.4 is 5.32 Å². The van der Waals surface area contributed by atoms with Crippen LogP contribution >= 0.6 is 15.9 Å². The molecule has 138 valence electrons. The molecule has 0 radical (unpaired) electrons. The zero-order valence-corrected chi connectivity index (χ0v) is 16.3. The van der Waals surface area contributed by atoms with E-state index in [1.54, 1.807) is 12.3 Å². The third-order valence-electron chi connectivity index (χ3n) is 4.81. The Morgan fingerprint density at radius 1 is 1.19 bits per heavy atom. The molecule has 0 atom stereocenters. The lowest BCUT2D eigenvalue weighted by Crippen LogP contribution is -2.28. The molecule has 2 heterocycles. The number of amides is 1. The van der Waals surface area contributed by atoms with Crippen LogP contribution in [0.5, 0.6) is 0 Å². The fourth-order valence-electron chi connectivity index (χ4n) is 3.45. The van der Waals surface area contributed by atoms with Crippen molar-refractivity contribution in [2.45, 2.75) is 19.4 Å². The van der Waals surface area contributed by atoms with Crippen molar-refractivity contribution in [3.05, 3.63) is 70.1 Å². The Balaban J connectivity index is 1.75. The predicted molar refractivity (Wildman–Crippen MR) is 108 cm³/mol. The van der Waals surface area contributed by atoms with Crippen LogP contribution in [0.25, 0.3) is 10.9 Å². The molecule has 27 heavy (non-hydrogen) atoms. The van der Waals surface area contributed by atoms with Crippen molar-refractivity contribution < 1.29 is 9.18 Å². The second kappa shape index (κ2) is 7.64. The first-order chi connectivity index (χ1) is 13.1. The molecule has 1 N–H and O–H groups in total. The highest BCUT2D eigenvalue weighted by Crippen LogP contribution is 2.29. The molecule has 4 rings (SSSR count). The number of benzene rings is 2. The van der Waals surface area contributed by atoms with Crippen molar-refractivity contribution in [1.82, 2.24) is 9.88 Å². The van der Waals surface area contributed by atoms with Gasteiger partial charge in [-0.2, -0.15) is 0 Å². The summed E-state index contributed by atoms with van der Waals surface area (Å²) in [7, 11) is 0. The van der Waals surface area contributed by atoms with Crippen LogP contribution in [0.2, 0.25) is 0 Å². The van der Waals surface area contributed by atoms with E-state index in [2.05, 4.69) is 26.2 Å². The van der Waals surface area contributed by atoms with Gasteiger partial charge in [0.15, 0.2) is 0 Å². The summed E-state index contributed by atoms with van der Waals surface area (Å²) in [5, 5.41) is 3.98. The van der Waals surface area contributed by atoms with Crippen LogP contribution in [-0.4, -0.2) is 28.9 Å². The third-order valence-corrected chi connectivity index (χ3v) is 5.31. The number of carbonyl (C=O) groups is 1. The number of rotatable bonds is 4. The molecule has 6 heteroatoms. The van der Waals surface area contributed by atoms with Crippen molar-refractivity contribution in [2.75, 3.05) is 18.4 Å². The number of carbonyl (C=O) groups excluding carboxylic acids is 1. The van der Waals surface area contributed by atoms with E-state index >= 15 is 0 Å². The molecule has 1 saturated heterocycles. The first-order valence-electron chi connectivity index (χ1n) is 8.98. The van der Waals surface area contributed by atoms with E-state index in [-0.39, 0.29) is 11.7 Å². The van der Waals surface area contributed by atoms with E-state index in [4.69, 9.17) is 0 Å². The minimum Gasteiger partial charge on any atom is -0.380 e. The van der Waals surface area contributed by atoms with Gasteiger partial charge in [-0.3, -0.25) is 9.78 Å². The van der Waals surface area contributed by atoms with Crippen molar-refractivity contribution in [2.24, 2.45) is 0 Å². The number of anilines is 1. The van der Waals surface area contributed by atoms with E-state index in [1.165, 1.54) is 12.1 Å². The Kier molecular flexibility index (Phi) is 5.07. The lowest BCUT2D eigenvalue weighted by Gasteiger charge is -2.19. The minimum absolute atomic E-state index is 0.0529. The van der Waals surface area contributed by atoms with Gasteiger partial charge in [0.2, 0.25) is 0 Å². The molecule has 1 amide bonds. The number of halogens is 2. The number of pyridine rings is 1. The third kappa shape index (κ3) is 3.81. The number of aromatic nitrogens is 1. The molecular weight excluding hydrogens is 409 g/mol. The van der Waals surface area contributed by atoms with Crippen LogP contribution in [0.1, 0.15) is 28.8 Å². The molecule has 1 aliphatic heterocycles. The van der Waals surface area contributed by atoms with Gasteiger partial charge in [0, 0.05) is 35.7 Å². The number of nitrogens with one attached hydrogen (secondary N) is 1. The highest BCUT2D eigenvalue weighted by molar-refractivity contribution is 9.10. The van der Waals surface area contributed by atoms with Gasteiger partial charge >= 0.3 is 0 Å². The molecule has 3 aromatic rings. The topological polar surface area (TPSA) is 45.2 Å². The predicted octanol–water partition coefficient (Wildman–Crippen LogP) is 4.98. The first-order valence-corrected chi connectivity index (χ1v) is 9.77. The summed E-state index contributed by atoms with van der Waals surface area (Å²) >= 11 is 3.47. The summed E-state index contributed by atoms with van der Waals surface area (Å²) in [6, 6.07) is 12.4. The molecule has 1 fully saturated rings. The average Bonchev–Trinajstić information content (AvgIpc) is 3.20. The molecule has 1 aliphatic rings. The molecule has 0 aliphatic carbocycles. The van der Waals surface area contributed by atoms with Crippen LogP contribution in [0.4, 0.5) is 10.1 Å². The normalized spacial score (nSPS) is 13.9. The quantitative estimate of drug-likeness (QED) is 0.637. The second-order valence-electron chi connectivity index (χ2n) is 6.69. The highest BCUT2D eigenvalue weighted by Gasteiger charge is 2.23. The van der Waals surface area contributed by atoms with E-state index in [0.717, 1.165) is 36.0 Å². The van der Waals surface area contributed by atoms with Crippen molar-refractivity contribution >= 4 is 38.4 Å². The summed E-state index contributed by atoms with van der Waals surface area (Å²) in [5.74, 6) is -0.400. The highest BCUT2D eigenvalue weighted by atomic mass is 79.9. The van der Waals surface area contributed by atoms with Gasteiger partial charge in [0.25, 0.3) is 5.91 Å². The fourth-order valence-corrected chi connectivity index (χ4v) is 3.89. The standard InChI is InChI=1S/C21H19BrFN3O/c22-15-5-3-4-14(10-15)12-25-20-17-11-16(23)6-7-19(17)24-13-18(20)21(27)26-8-1-2-9-26/h3-7,10-11,13H,1-2,8-9,12H2,(H,24,25). The number of hydrogen-bond donors (Lipinski definition) is 1. The number of fused-ring (bicyclic) bond motifs is 1. The van der Waals surface area contributed by atoms with Gasteiger partial charge < -0.3 is 10.2 Å². The number of likely N-dealkylation sites (tertiary alicyclic amines) is 1. The summed E-state index contributed by atoms with van der Waals surface area (Å²) in [4.78, 5) is 19.2. The van der Waals surface area contributed by atoms with Crippen molar-refractivity contribution in [3.8, 4) is 0 Å². The van der Waals surface area contributed by atoms with Gasteiger partial charge in [-0.1, -0.05) is 28.1 Å². The summed E-state index contributed by atoms with van der Waals surface area (Å²) < 4.78 is 14.9. The SMILES string of the molecule is O=C(c1cnc2ccc(F)cc2c1NCc1cccc(Br)c1)N1CCCC1. The lowest BCUT2D eigenvalue weighted by molar-refractivity contribution is 0.0793. The number of nitrogens with zero attached hydrogens (tertiary/aromatic N) is 2. The Bertz CT molecular complexity index is 1000. The zero-order chi connectivity index (χ0) is 18.8. The molecule has 0 spiro atoms. The van der Waals surface area contributed by atoms with E-state index in [9.17, 15) is 9.18 Å². The van der Waals surface area contributed by atoms with E-state index < -0.39 is 0 Å². The van der Waals surface area contributed by atoms with E-state index in [1.807, 2.05) is 29.2 Å². The average molecular weight is 428 g/mol. The fraction of sp³-hybridized carbons (Fsp3) is 0.238. The maximum Gasteiger partial charge on any atom is 0.257 e. The van der Waals surface area contributed by atoms with Crippen molar-refractivity contribution in [1.29, 1.82) is 0 Å². The monoisotopic (exact) mass is 427 g/mol. The Hall–Kier alpha value is -2.47. The lowest BCUT2D eigenvalue weighted by atomic mass is 10.1. The van der Waals surface area contributed by atoms with Gasteiger partial charge in [-0.15, -0.1) is 0 Å². The van der Waals surface area contributed by atoms with Crippen LogP contribution in [0.15, 0.2) is 53.1 Å². The first kappa shape index (κ1) is 17.9. The Morgan fingerprint density at radius 3 is 2.78 bits per heavy atom. The van der Waals surface area contributed by atoms with Gasteiger partial charge in [-0.05, 0) is 48.7 Å². The van der Waals surface area contributed by atoms with Gasteiger partial charge in [0.05, 0.1) is 16.8 Å². The minimum atomic E-state index is -0.347. The van der Waals surface area contributed by atoms with E-state index in [0.29, 0.717) is 28.7 Å². The Labute approximate surface area is 165 Å². The number of hydrogen-bond acceptors (Lipinski definition) is 3. The molecule has 1 aromatic heterocycles. The molecule has 0 bridgehead atoms. The van der Waals surface area contributed by atoms with Crippen molar-refractivity contribution in [3.63, 3.8) is 0 Å². The van der Waals surface area contributed by atoms with Crippen LogP contribution in [-0.2, 0) is 6.54 Å². The largest absolute Gasteiger partial charge is 0.380 e. The molecule has 0 saturated carbocycles. The maximum absolute atomic E-state index is 13.9. The molecule has 0 unspecified atom stereocenters. The maximum atomic E-state index is 13.9. The molecule has 4 nitrogen and oxygen atoms in total. The van der Waals surface area contributed by atoms with Gasteiger partial charge in [0.1, 0.15) is 5.82 Å². The summed E-state index contributed by atoms with van der Waals surface area (Å²) in [6.07, 6.45) is 3.63. The summed E-state index contributed by atoms with van der Waals surface area (Å²) in [6.45, 7) is 2.03. The smallest absolute Gasteiger partial charge is 0.257 e. The summed E-state index contributed by atoms with van der Waals surface area (Å²) in [5.41, 5.74) is 2.85. The second-order valence-corrected chi connectivity index (χ2v) is 7.61. The van der Waals surface area contributed by atoms with Crippen LogP contribution in [0, 0.1) is 5.82 Å². The Morgan fingerprint density at radius 2 is 2.00 bits per heavy atom. The van der Waals surface area contributed by atoms with Crippen LogP contribution in [0.3, 0.4) is 0 Å².